The van der Waals surface area contributed by atoms with Gasteiger partial charge < -0.3 is 32.4 Å². The van der Waals surface area contributed by atoms with E-state index in [2.05, 4.69) is 5.32 Å². The lowest BCUT2D eigenvalue weighted by Gasteiger charge is -2.08. The smallest absolute Gasteiger partial charge is 0.252 e. The molecular weight excluding hydrogens is 366 g/mol. The molecule has 0 aliphatic rings. The van der Waals surface area contributed by atoms with Crippen LogP contribution in [0.4, 0.5) is 16.4 Å². The number of hydrogen-bond donors (Lipinski definition) is 5. The summed E-state index contributed by atoms with van der Waals surface area (Å²) in [6.45, 7) is 5.41. The normalized spacial score (nSPS) is 9.85. The SMILES string of the molecule is Cc1c(C#N)sc(N)c1C(N)=O.Cc1cc(NCCOCCO)ccc1N. The van der Waals surface area contributed by atoms with Crippen molar-refractivity contribution in [3.8, 4) is 6.07 Å². The van der Waals surface area contributed by atoms with Crippen molar-refractivity contribution < 1.29 is 14.6 Å². The Morgan fingerprint density at radius 3 is 2.52 bits per heavy atom. The number of nitrogen functional groups attached to an aromatic ring is 2. The maximum atomic E-state index is 10.8. The molecule has 1 amide bonds. The van der Waals surface area contributed by atoms with Crippen LogP contribution in [0.25, 0.3) is 0 Å². The van der Waals surface area contributed by atoms with E-state index in [1.807, 2.05) is 31.2 Å². The highest BCUT2D eigenvalue weighted by molar-refractivity contribution is 7.17. The molecule has 0 aliphatic heterocycles. The van der Waals surface area contributed by atoms with Gasteiger partial charge in [-0.1, -0.05) is 0 Å². The summed E-state index contributed by atoms with van der Waals surface area (Å²) in [5.74, 6) is -0.581. The molecule has 0 spiro atoms. The summed E-state index contributed by atoms with van der Waals surface area (Å²) in [7, 11) is 0. The van der Waals surface area contributed by atoms with Gasteiger partial charge in [0.2, 0.25) is 0 Å². The molecule has 1 aromatic heterocycles. The molecule has 1 heterocycles. The van der Waals surface area contributed by atoms with E-state index < -0.39 is 5.91 Å². The predicted octanol–water partition coefficient (Wildman–Crippen LogP) is 1.61. The fourth-order valence-corrected chi connectivity index (χ4v) is 3.05. The second-order valence-corrected chi connectivity index (χ2v) is 6.66. The summed E-state index contributed by atoms with van der Waals surface area (Å²) in [5, 5.41) is 20.6. The molecular formula is C18H25N5O3S. The average molecular weight is 391 g/mol. The van der Waals surface area contributed by atoms with Crippen molar-refractivity contribution in [3.05, 3.63) is 39.8 Å². The highest BCUT2D eigenvalue weighted by Gasteiger charge is 2.16. The van der Waals surface area contributed by atoms with E-state index in [4.69, 9.17) is 32.3 Å². The molecule has 0 saturated carbocycles. The molecule has 0 saturated heterocycles. The van der Waals surface area contributed by atoms with E-state index in [1.54, 1.807) is 6.92 Å². The van der Waals surface area contributed by atoms with Crippen LogP contribution in [-0.2, 0) is 4.74 Å². The van der Waals surface area contributed by atoms with E-state index in [-0.39, 0.29) is 12.2 Å². The Morgan fingerprint density at radius 2 is 2.04 bits per heavy atom. The van der Waals surface area contributed by atoms with E-state index in [0.717, 1.165) is 34.8 Å². The third kappa shape index (κ3) is 6.79. The van der Waals surface area contributed by atoms with Crippen molar-refractivity contribution in [1.82, 2.24) is 0 Å². The zero-order chi connectivity index (χ0) is 20.4. The minimum Gasteiger partial charge on any atom is -0.399 e. The summed E-state index contributed by atoms with van der Waals surface area (Å²) in [6.07, 6.45) is 0. The summed E-state index contributed by atoms with van der Waals surface area (Å²) < 4.78 is 5.12. The monoisotopic (exact) mass is 391 g/mol. The number of amides is 1. The first-order chi connectivity index (χ1) is 12.8. The second-order valence-electron chi connectivity index (χ2n) is 5.61. The third-order valence-corrected chi connectivity index (χ3v) is 4.63. The number of benzene rings is 1. The first-order valence-electron chi connectivity index (χ1n) is 8.19. The van der Waals surface area contributed by atoms with Gasteiger partial charge in [0, 0.05) is 17.9 Å². The molecule has 0 radical (unpaired) electrons. The molecule has 2 aromatic rings. The van der Waals surface area contributed by atoms with Gasteiger partial charge >= 0.3 is 0 Å². The lowest BCUT2D eigenvalue weighted by Crippen LogP contribution is -2.13. The largest absolute Gasteiger partial charge is 0.399 e. The maximum Gasteiger partial charge on any atom is 0.252 e. The number of aryl methyl sites for hydroxylation is 1. The summed E-state index contributed by atoms with van der Waals surface area (Å²) in [5.41, 5.74) is 20.0. The summed E-state index contributed by atoms with van der Waals surface area (Å²) >= 11 is 1.09. The van der Waals surface area contributed by atoms with Crippen molar-refractivity contribution in [3.63, 3.8) is 0 Å². The van der Waals surface area contributed by atoms with Crippen LogP contribution in [-0.4, -0.2) is 37.4 Å². The molecule has 8 N–H and O–H groups in total. The molecule has 0 aliphatic carbocycles. The number of nitriles is 1. The molecule has 2 rings (SSSR count). The standard InChI is InChI=1S/C11H18N2O2.C7H7N3OS/c1-9-8-10(2-3-11(9)12)13-4-6-15-7-5-14;1-3-4(2-8)12-7(10)5(3)6(9)11/h2-3,8,13-14H,4-7,12H2,1H3;10H2,1H3,(H2,9,11). The second kappa shape index (κ2) is 11.0. The number of carbonyl (C=O) groups excluding carboxylic acids is 1. The van der Waals surface area contributed by atoms with Crippen LogP contribution < -0.4 is 22.5 Å². The van der Waals surface area contributed by atoms with Gasteiger partial charge in [-0.2, -0.15) is 5.26 Å². The number of hydrogen-bond acceptors (Lipinski definition) is 8. The molecule has 0 bridgehead atoms. The Balaban J connectivity index is 0.000000277. The van der Waals surface area contributed by atoms with E-state index in [1.165, 1.54) is 0 Å². The van der Waals surface area contributed by atoms with Gasteiger partial charge in [-0.15, -0.1) is 11.3 Å². The molecule has 146 valence electrons. The minimum absolute atomic E-state index is 0.0704. The van der Waals surface area contributed by atoms with E-state index in [0.29, 0.717) is 28.7 Å². The van der Waals surface area contributed by atoms with E-state index in [9.17, 15) is 4.79 Å². The van der Waals surface area contributed by atoms with Crippen molar-refractivity contribution in [2.75, 3.05) is 43.1 Å². The number of anilines is 3. The van der Waals surface area contributed by atoms with Crippen molar-refractivity contribution >= 4 is 33.6 Å². The van der Waals surface area contributed by atoms with Crippen LogP contribution in [0, 0.1) is 25.2 Å². The van der Waals surface area contributed by atoms with Crippen LogP contribution in [0.1, 0.15) is 26.4 Å². The van der Waals surface area contributed by atoms with Gasteiger partial charge in [0.05, 0.1) is 25.4 Å². The minimum atomic E-state index is -0.581. The zero-order valence-electron chi connectivity index (χ0n) is 15.4. The third-order valence-electron chi connectivity index (χ3n) is 3.60. The van der Waals surface area contributed by atoms with Gasteiger partial charge in [-0.25, -0.2) is 0 Å². The van der Waals surface area contributed by atoms with Gasteiger partial charge in [-0.3, -0.25) is 4.79 Å². The highest BCUT2D eigenvalue weighted by Crippen LogP contribution is 2.29. The number of rotatable bonds is 7. The first kappa shape index (κ1) is 22.2. The molecule has 9 heteroatoms. The molecule has 8 nitrogen and oxygen atoms in total. The number of thiophene rings is 1. The Hall–Kier alpha value is -2.80. The quantitative estimate of drug-likeness (QED) is 0.354. The maximum absolute atomic E-state index is 10.8. The Kier molecular flexibility index (Phi) is 9.08. The number of aliphatic hydroxyl groups excluding tert-OH is 1. The van der Waals surface area contributed by atoms with E-state index >= 15 is 0 Å². The van der Waals surface area contributed by atoms with Crippen molar-refractivity contribution in [1.29, 1.82) is 5.26 Å². The fourth-order valence-electron chi connectivity index (χ4n) is 2.17. The number of nitrogens with two attached hydrogens (primary N) is 3. The number of carbonyl (C=O) groups is 1. The Labute approximate surface area is 162 Å². The summed E-state index contributed by atoms with van der Waals surface area (Å²) in [4.78, 5) is 11.3. The number of nitrogens with zero attached hydrogens (tertiary/aromatic N) is 1. The van der Waals surface area contributed by atoms with Gasteiger partial charge in [-0.05, 0) is 43.2 Å². The molecule has 0 unspecified atom stereocenters. The first-order valence-corrected chi connectivity index (χ1v) is 9.00. The predicted molar refractivity (Wildman–Crippen MR) is 109 cm³/mol. The highest BCUT2D eigenvalue weighted by atomic mass is 32.1. The van der Waals surface area contributed by atoms with Crippen LogP contribution >= 0.6 is 11.3 Å². The topological polar surface area (TPSA) is 160 Å². The van der Waals surface area contributed by atoms with Crippen LogP contribution in [0.5, 0.6) is 0 Å². The molecule has 0 fully saturated rings. The van der Waals surface area contributed by atoms with Crippen LogP contribution in [0.15, 0.2) is 18.2 Å². The van der Waals surface area contributed by atoms with Crippen molar-refractivity contribution in [2.45, 2.75) is 13.8 Å². The van der Waals surface area contributed by atoms with Gasteiger partial charge in [0.1, 0.15) is 15.9 Å². The lowest BCUT2D eigenvalue weighted by atomic mass is 10.1. The average Bonchev–Trinajstić information content (AvgIpc) is 2.92. The lowest BCUT2D eigenvalue weighted by molar-refractivity contribution is 0.0992. The number of primary amides is 1. The number of aliphatic hydroxyl groups is 1. The van der Waals surface area contributed by atoms with Crippen molar-refractivity contribution in [2.24, 2.45) is 5.73 Å². The molecule has 27 heavy (non-hydrogen) atoms. The Morgan fingerprint density at radius 1 is 1.33 bits per heavy atom. The van der Waals surface area contributed by atoms with Crippen LogP contribution in [0.3, 0.4) is 0 Å². The van der Waals surface area contributed by atoms with Gasteiger partial charge in [0.25, 0.3) is 5.91 Å². The number of ether oxygens (including phenoxy) is 1. The van der Waals surface area contributed by atoms with Crippen LogP contribution in [0.2, 0.25) is 0 Å². The zero-order valence-corrected chi connectivity index (χ0v) is 16.2. The molecule has 0 atom stereocenters. The molecule has 1 aromatic carbocycles. The number of nitrogens with one attached hydrogen (secondary N) is 1. The fraction of sp³-hybridized carbons (Fsp3) is 0.333. The Bertz CT molecular complexity index is 814. The van der Waals surface area contributed by atoms with Gasteiger partial charge in [0.15, 0.2) is 0 Å². The summed E-state index contributed by atoms with van der Waals surface area (Å²) in [6, 6.07) is 7.76.